The van der Waals surface area contributed by atoms with E-state index in [1.165, 1.54) is 26.2 Å². The van der Waals surface area contributed by atoms with Crippen molar-refractivity contribution in [1.29, 1.82) is 0 Å². The van der Waals surface area contributed by atoms with Crippen molar-refractivity contribution in [2.75, 3.05) is 39.3 Å². The average molecular weight is 301 g/mol. The first-order valence-corrected chi connectivity index (χ1v) is 7.49. The van der Waals surface area contributed by atoms with E-state index in [2.05, 4.69) is 10.2 Å². The Hall–Kier alpha value is -0.480. The lowest BCUT2D eigenvalue weighted by molar-refractivity contribution is 0.228. The first-order valence-electron chi connectivity index (χ1n) is 6.73. The number of ether oxygens (including phenoxy) is 1. The molecule has 2 aliphatic rings. The van der Waals surface area contributed by atoms with Gasteiger partial charge in [0, 0.05) is 24.7 Å². The van der Waals surface area contributed by atoms with E-state index < -0.39 is 0 Å². The molecule has 2 atom stereocenters. The Bertz CT molecular complexity index is 443. The van der Waals surface area contributed by atoms with E-state index in [1.807, 2.05) is 6.07 Å². The summed E-state index contributed by atoms with van der Waals surface area (Å²) in [5, 5.41) is 4.67. The molecule has 5 heteroatoms. The van der Waals surface area contributed by atoms with Gasteiger partial charge in [0.1, 0.15) is 12.4 Å². The van der Waals surface area contributed by atoms with Crippen LogP contribution in [0.3, 0.4) is 0 Å². The van der Waals surface area contributed by atoms with Crippen molar-refractivity contribution in [2.45, 2.75) is 0 Å². The molecule has 2 saturated heterocycles. The number of nitrogens with zero attached hydrogens (tertiary/aromatic N) is 1. The maximum absolute atomic E-state index is 6.07. The average Bonchev–Trinajstić information content (AvgIpc) is 2.92. The van der Waals surface area contributed by atoms with Crippen LogP contribution < -0.4 is 10.1 Å². The molecule has 104 valence electrons. The minimum atomic E-state index is 0.579. The number of hydrogen-bond donors (Lipinski definition) is 1. The van der Waals surface area contributed by atoms with E-state index >= 15 is 0 Å². The molecule has 0 bridgehead atoms. The molecule has 0 aliphatic carbocycles. The molecule has 2 fully saturated rings. The highest BCUT2D eigenvalue weighted by Crippen LogP contribution is 2.28. The van der Waals surface area contributed by atoms with Crippen LogP contribution in [0.1, 0.15) is 0 Å². The minimum Gasteiger partial charge on any atom is -0.491 e. The van der Waals surface area contributed by atoms with E-state index in [0.29, 0.717) is 22.4 Å². The molecule has 19 heavy (non-hydrogen) atoms. The summed E-state index contributed by atoms with van der Waals surface area (Å²) in [5.74, 6) is 2.38. The fourth-order valence-corrected chi connectivity index (χ4v) is 3.48. The van der Waals surface area contributed by atoms with Crippen molar-refractivity contribution in [1.82, 2.24) is 10.2 Å². The third-order valence-electron chi connectivity index (χ3n) is 4.02. The maximum atomic E-state index is 6.07. The largest absolute Gasteiger partial charge is 0.491 e. The summed E-state index contributed by atoms with van der Waals surface area (Å²) < 4.78 is 5.73. The lowest BCUT2D eigenvalue weighted by atomic mass is 10.0. The summed E-state index contributed by atoms with van der Waals surface area (Å²) in [7, 11) is 0. The van der Waals surface area contributed by atoms with Crippen LogP contribution in [-0.4, -0.2) is 44.2 Å². The number of hydrogen-bond acceptors (Lipinski definition) is 3. The van der Waals surface area contributed by atoms with Crippen LogP contribution in [0.4, 0.5) is 0 Å². The fourth-order valence-electron chi connectivity index (χ4n) is 3.01. The quantitative estimate of drug-likeness (QED) is 0.925. The molecular weight excluding hydrogens is 283 g/mol. The van der Waals surface area contributed by atoms with Gasteiger partial charge in [0.25, 0.3) is 0 Å². The molecule has 0 spiro atoms. The standard InChI is InChI=1S/C14H18Cl2N2O/c15-12-1-2-14(13(16)5-12)19-4-3-18-8-10-6-17-7-11(10)9-18/h1-2,5,10-11,17H,3-4,6-9H2/t10-,11+. The van der Waals surface area contributed by atoms with Gasteiger partial charge < -0.3 is 10.1 Å². The van der Waals surface area contributed by atoms with Gasteiger partial charge in [-0.05, 0) is 43.1 Å². The van der Waals surface area contributed by atoms with Crippen LogP contribution in [0.25, 0.3) is 0 Å². The van der Waals surface area contributed by atoms with E-state index in [0.717, 1.165) is 18.4 Å². The summed E-state index contributed by atoms with van der Waals surface area (Å²) in [5.41, 5.74) is 0. The lowest BCUT2D eigenvalue weighted by Crippen LogP contribution is -2.29. The molecule has 3 rings (SSSR count). The van der Waals surface area contributed by atoms with Crippen LogP contribution in [-0.2, 0) is 0 Å². The number of benzene rings is 1. The molecule has 0 unspecified atom stereocenters. The van der Waals surface area contributed by atoms with Gasteiger partial charge in [-0.25, -0.2) is 0 Å². The van der Waals surface area contributed by atoms with Gasteiger partial charge in [-0.3, -0.25) is 4.90 Å². The van der Waals surface area contributed by atoms with Crippen LogP contribution in [0.5, 0.6) is 5.75 Å². The van der Waals surface area contributed by atoms with Gasteiger partial charge in [-0.1, -0.05) is 23.2 Å². The summed E-state index contributed by atoms with van der Waals surface area (Å²) in [6, 6.07) is 5.34. The molecule has 1 N–H and O–H groups in total. The highest BCUT2D eigenvalue weighted by atomic mass is 35.5. The van der Waals surface area contributed by atoms with E-state index in [9.17, 15) is 0 Å². The number of halogens is 2. The third-order valence-corrected chi connectivity index (χ3v) is 4.55. The molecule has 1 aromatic rings. The van der Waals surface area contributed by atoms with Crippen LogP contribution in [0, 0.1) is 11.8 Å². The maximum Gasteiger partial charge on any atom is 0.138 e. The van der Waals surface area contributed by atoms with Gasteiger partial charge >= 0.3 is 0 Å². The molecule has 3 nitrogen and oxygen atoms in total. The smallest absolute Gasteiger partial charge is 0.138 e. The Morgan fingerprint density at radius 3 is 2.63 bits per heavy atom. The highest BCUT2D eigenvalue weighted by Gasteiger charge is 2.35. The first kappa shape index (κ1) is 13.5. The summed E-state index contributed by atoms with van der Waals surface area (Å²) in [6.07, 6.45) is 0. The van der Waals surface area contributed by atoms with Gasteiger partial charge in [0.2, 0.25) is 0 Å². The summed E-state index contributed by atoms with van der Waals surface area (Å²) in [6.45, 7) is 6.36. The van der Waals surface area contributed by atoms with Crippen molar-refractivity contribution < 1.29 is 4.74 Å². The molecule has 0 saturated carbocycles. The Balaban J connectivity index is 1.46. The van der Waals surface area contributed by atoms with Crippen molar-refractivity contribution >= 4 is 23.2 Å². The molecule has 0 aromatic heterocycles. The number of likely N-dealkylation sites (tertiary alicyclic amines) is 1. The second-order valence-electron chi connectivity index (χ2n) is 5.36. The lowest BCUT2D eigenvalue weighted by Gasteiger charge is -2.17. The molecule has 0 radical (unpaired) electrons. The summed E-state index contributed by atoms with van der Waals surface area (Å²) in [4.78, 5) is 2.49. The van der Waals surface area contributed by atoms with Gasteiger partial charge in [-0.2, -0.15) is 0 Å². The molecule has 1 aromatic carbocycles. The minimum absolute atomic E-state index is 0.579. The number of nitrogens with one attached hydrogen (secondary N) is 1. The fraction of sp³-hybridized carbons (Fsp3) is 0.571. The molecular formula is C14H18Cl2N2O. The van der Waals surface area contributed by atoms with Crippen molar-refractivity contribution in [3.05, 3.63) is 28.2 Å². The molecule has 2 heterocycles. The SMILES string of the molecule is Clc1ccc(OCCN2C[C@H]3CNC[C@H]3C2)c(Cl)c1. The predicted octanol–water partition coefficient (Wildman–Crippen LogP) is 2.52. The van der Waals surface area contributed by atoms with Gasteiger partial charge in [0.05, 0.1) is 5.02 Å². The zero-order valence-corrected chi connectivity index (χ0v) is 12.3. The normalized spacial score (nSPS) is 26.6. The number of rotatable bonds is 4. The second kappa shape index (κ2) is 5.88. The zero-order valence-electron chi connectivity index (χ0n) is 10.7. The topological polar surface area (TPSA) is 24.5 Å². The highest BCUT2D eigenvalue weighted by molar-refractivity contribution is 6.35. The number of fused-ring (bicyclic) bond motifs is 1. The second-order valence-corrected chi connectivity index (χ2v) is 6.20. The monoisotopic (exact) mass is 300 g/mol. The van der Waals surface area contributed by atoms with Crippen LogP contribution in [0.2, 0.25) is 10.0 Å². The predicted molar refractivity (Wildman–Crippen MR) is 78.2 cm³/mol. The van der Waals surface area contributed by atoms with Crippen LogP contribution >= 0.6 is 23.2 Å². The Morgan fingerprint density at radius 1 is 1.21 bits per heavy atom. The van der Waals surface area contributed by atoms with E-state index in [1.54, 1.807) is 12.1 Å². The van der Waals surface area contributed by atoms with Crippen molar-refractivity contribution in [3.63, 3.8) is 0 Å². The van der Waals surface area contributed by atoms with Crippen molar-refractivity contribution in [3.8, 4) is 5.75 Å². The third kappa shape index (κ3) is 3.16. The van der Waals surface area contributed by atoms with E-state index in [4.69, 9.17) is 27.9 Å². The Kier molecular flexibility index (Phi) is 4.18. The van der Waals surface area contributed by atoms with Gasteiger partial charge in [0.15, 0.2) is 0 Å². The Morgan fingerprint density at radius 2 is 1.95 bits per heavy atom. The van der Waals surface area contributed by atoms with Crippen LogP contribution in [0.15, 0.2) is 18.2 Å². The molecule has 2 aliphatic heterocycles. The van der Waals surface area contributed by atoms with Crippen molar-refractivity contribution in [2.24, 2.45) is 11.8 Å². The zero-order chi connectivity index (χ0) is 13.2. The Labute approximate surface area is 123 Å². The summed E-state index contributed by atoms with van der Waals surface area (Å²) >= 11 is 11.9. The van der Waals surface area contributed by atoms with Gasteiger partial charge in [-0.15, -0.1) is 0 Å². The molecule has 0 amide bonds. The van der Waals surface area contributed by atoms with E-state index in [-0.39, 0.29) is 0 Å². The first-order chi connectivity index (χ1) is 9.22.